The number of ether oxygens (including phenoxy) is 3. The number of hydrogen-bond acceptors (Lipinski definition) is 4. The summed E-state index contributed by atoms with van der Waals surface area (Å²) in [5.74, 6) is 2.64. The van der Waals surface area contributed by atoms with Crippen molar-refractivity contribution in [2.45, 2.75) is 78.0 Å². The Morgan fingerprint density at radius 3 is 2.60 bits per heavy atom. The second-order valence-electron chi connectivity index (χ2n) is 8.39. The number of aryl methyl sites for hydroxylation is 1. The van der Waals surface area contributed by atoms with E-state index in [1.165, 1.54) is 36.8 Å². The Labute approximate surface area is 181 Å². The van der Waals surface area contributed by atoms with Gasteiger partial charge < -0.3 is 19.5 Å². The molecule has 0 atom stereocenters. The topological polar surface area (TPSA) is 39.7 Å². The average Bonchev–Trinajstić information content (AvgIpc) is 3.23. The fraction of sp³-hybridized carbons (Fsp3) is 0.538. The molecule has 2 aromatic rings. The summed E-state index contributed by atoms with van der Waals surface area (Å²) >= 11 is 0. The standard InChI is InChI=1S/C26H37NO3/c1-4-8-21-13-14-25(29-20(2)3)26(18-21)28-16-15-27-19-22-9-7-12-24(17-22)30-23-10-5-6-11-23/h7,9,12-14,17-18,20,23,27H,4-6,8,10-11,15-16,19H2,1-3H3. The van der Waals surface area contributed by atoms with Gasteiger partial charge in [-0.15, -0.1) is 0 Å². The molecule has 0 saturated heterocycles. The lowest BCUT2D eigenvalue weighted by atomic mass is 10.1. The van der Waals surface area contributed by atoms with Crippen LogP contribution in [0.15, 0.2) is 42.5 Å². The van der Waals surface area contributed by atoms with Gasteiger partial charge in [0.2, 0.25) is 0 Å². The van der Waals surface area contributed by atoms with Crippen LogP contribution in [0.5, 0.6) is 17.2 Å². The quantitative estimate of drug-likeness (QED) is 0.440. The van der Waals surface area contributed by atoms with Gasteiger partial charge in [0.25, 0.3) is 0 Å². The second-order valence-corrected chi connectivity index (χ2v) is 8.39. The largest absolute Gasteiger partial charge is 0.490 e. The molecule has 1 saturated carbocycles. The molecule has 0 radical (unpaired) electrons. The Bertz CT molecular complexity index is 769. The van der Waals surface area contributed by atoms with Crippen molar-refractivity contribution in [3.63, 3.8) is 0 Å². The molecule has 164 valence electrons. The zero-order valence-corrected chi connectivity index (χ0v) is 18.8. The van der Waals surface area contributed by atoms with E-state index in [9.17, 15) is 0 Å². The molecule has 0 aliphatic heterocycles. The SMILES string of the molecule is CCCc1ccc(OC(C)C)c(OCCNCc2cccc(OC3CCCC3)c2)c1. The van der Waals surface area contributed by atoms with E-state index in [1.54, 1.807) is 0 Å². The van der Waals surface area contributed by atoms with E-state index >= 15 is 0 Å². The lowest BCUT2D eigenvalue weighted by molar-refractivity contribution is 0.210. The first-order valence-electron chi connectivity index (χ1n) is 11.5. The lowest BCUT2D eigenvalue weighted by Crippen LogP contribution is -2.21. The highest BCUT2D eigenvalue weighted by atomic mass is 16.5. The van der Waals surface area contributed by atoms with Gasteiger partial charge in [-0.1, -0.05) is 31.5 Å². The maximum atomic E-state index is 6.11. The Balaban J connectivity index is 1.46. The van der Waals surface area contributed by atoms with Gasteiger partial charge in [0.1, 0.15) is 12.4 Å². The maximum absolute atomic E-state index is 6.11. The molecule has 0 bridgehead atoms. The molecule has 1 aliphatic rings. The molecule has 3 rings (SSSR count). The molecule has 0 spiro atoms. The predicted octanol–water partition coefficient (Wildman–Crippen LogP) is 5.92. The van der Waals surface area contributed by atoms with Crippen LogP contribution in [0, 0.1) is 0 Å². The van der Waals surface area contributed by atoms with Crippen molar-refractivity contribution < 1.29 is 14.2 Å². The molecule has 0 heterocycles. The fourth-order valence-electron chi connectivity index (χ4n) is 3.85. The minimum absolute atomic E-state index is 0.126. The molecular formula is C26H37NO3. The van der Waals surface area contributed by atoms with E-state index < -0.39 is 0 Å². The monoisotopic (exact) mass is 411 g/mol. The summed E-state index contributed by atoms with van der Waals surface area (Å²) in [6, 6.07) is 14.7. The molecule has 4 nitrogen and oxygen atoms in total. The lowest BCUT2D eigenvalue weighted by Gasteiger charge is -2.16. The van der Waals surface area contributed by atoms with Crippen molar-refractivity contribution in [2.75, 3.05) is 13.2 Å². The zero-order chi connectivity index (χ0) is 21.2. The highest BCUT2D eigenvalue weighted by molar-refractivity contribution is 5.43. The molecular weight excluding hydrogens is 374 g/mol. The van der Waals surface area contributed by atoms with Crippen LogP contribution in [0.3, 0.4) is 0 Å². The number of rotatable bonds is 12. The van der Waals surface area contributed by atoms with Crippen LogP contribution in [0.25, 0.3) is 0 Å². The maximum Gasteiger partial charge on any atom is 0.161 e. The molecule has 2 aromatic carbocycles. The molecule has 4 heteroatoms. The van der Waals surface area contributed by atoms with Gasteiger partial charge in [0.15, 0.2) is 11.5 Å². The van der Waals surface area contributed by atoms with Crippen molar-refractivity contribution in [1.29, 1.82) is 0 Å². The van der Waals surface area contributed by atoms with E-state index in [0.29, 0.717) is 12.7 Å². The first-order valence-corrected chi connectivity index (χ1v) is 11.5. The first-order chi connectivity index (χ1) is 14.6. The second kappa shape index (κ2) is 11.8. The smallest absolute Gasteiger partial charge is 0.161 e. The minimum atomic E-state index is 0.126. The number of hydrogen-bond donors (Lipinski definition) is 1. The Morgan fingerprint density at radius 1 is 1.00 bits per heavy atom. The van der Waals surface area contributed by atoms with E-state index in [4.69, 9.17) is 14.2 Å². The van der Waals surface area contributed by atoms with Crippen LogP contribution in [0.2, 0.25) is 0 Å². The summed E-state index contributed by atoms with van der Waals surface area (Å²) in [4.78, 5) is 0. The highest BCUT2D eigenvalue weighted by Crippen LogP contribution is 2.30. The van der Waals surface area contributed by atoms with Crippen molar-refractivity contribution in [3.05, 3.63) is 53.6 Å². The molecule has 1 aliphatic carbocycles. The van der Waals surface area contributed by atoms with Crippen molar-refractivity contribution in [1.82, 2.24) is 5.32 Å². The van der Waals surface area contributed by atoms with E-state index in [1.807, 2.05) is 19.9 Å². The average molecular weight is 412 g/mol. The molecule has 1 fully saturated rings. The van der Waals surface area contributed by atoms with Crippen LogP contribution in [0.4, 0.5) is 0 Å². The van der Waals surface area contributed by atoms with Crippen molar-refractivity contribution >= 4 is 0 Å². The molecule has 0 unspecified atom stereocenters. The van der Waals surface area contributed by atoms with Crippen LogP contribution >= 0.6 is 0 Å². The van der Waals surface area contributed by atoms with Gasteiger partial charge in [-0.2, -0.15) is 0 Å². The van der Waals surface area contributed by atoms with Crippen molar-refractivity contribution in [3.8, 4) is 17.2 Å². The van der Waals surface area contributed by atoms with Crippen LogP contribution in [-0.2, 0) is 13.0 Å². The van der Waals surface area contributed by atoms with Crippen molar-refractivity contribution in [2.24, 2.45) is 0 Å². The van der Waals surface area contributed by atoms with E-state index in [0.717, 1.165) is 43.2 Å². The first kappa shape index (κ1) is 22.5. The molecule has 0 aromatic heterocycles. The van der Waals surface area contributed by atoms with Crippen LogP contribution < -0.4 is 19.5 Å². The minimum Gasteiger partial charge on any atom is -0.490 e. The van der Waals surface area contributed by atoms with Crippen LogP contribution in [0.1, 0.15) is 64.0 Å². The Hall–Kier alpha value is -2.20. The molecule has 30 heavy (non-hydrogen) atoms. The van der Waals surface area contributed by atoms with Gasteiger partial charge in [-0.05, 0) is 81.3 Å². The number of benzene rings is 2. The third-order valence-electron chi connectivity index (χ3n) is 5.28. The highest BCUT2D eigenvalue weighted by Gasteiger charge is 2.16. The van der Waals surface area contributed by atoms with Gasteiger partial charge in [-0.3, -0.25) is 0 Å². The van der Waals surface area contributed by atoms with E-state index in [-0.39, 0.29) is 6.10 Å². The summed E-state index contributed by atoms with van der Waals surface area (Å²) < 4.78 is 18.1. The Morgan fingerprint density at radius 2 is 1.83 bits per heavy atom. The van der Waals surface area contributed by atoms with Gasteiger partial charge in [0, 0.05) is 13.1 Å². The third kappa shape index (κ3) is 7.24. The summed E-state index contributed by atoms with van der Waals surface area (Å²) in [5, 5.41) is 3.47. The van der Waals surface area contributed by atoms with Gasteiger partial charge in [0.05, 0.1) is 12.2 Å². The summed E-state index contributed by atoms with van der Waals surface area (Å²) in [6.07, 6.45) is 7.64. The number of nitrogens with one attached hydrogen (secondary N) is 1. The van der Waals surface area contributed by atoms with Crippen LogP contribution in [-0.4, -0.2) is 25.4 Å². The zero-order valence-electron chi connectivity index (χ0n) is 18.8. The van der Waals surface area contributed by atoms with E-state index in [2.05, 4.69) is 48.6 Å². The predicted molar refractivity (Wildman–Crippen MR) is 123 cm³/mol. The fourth-order valence-corrected chi connectivity index (χ4v) is 3.85. The summed E-state index contributed by atoms with van der Waals surface area (Å²) in [5.41, 5.74) is 2.52. The summed E-state index contributed by atoms with van der Waals surface area (Å²) in [7, 11) is 0. The van der Waals surface area contributed by atoms with Gasteiger partial charge in [-0.25, -0.2) is 0 Å². The molecule has 1 N–H and O–H groups in total. The third-order valence-corrected chi connectivity index (χ3v) is 5.28. The Kier molecular flexibility index (Phi) is 8.88. The normalized spacial score (nSPS) is 14.3. The summed E-state index contributed by atoms with van der Waals surface area (Å²) in [6.45, 7) is 8.44. The van der Waals surface area contributed by atoms with Gasteiger partial charge >= 0.3 is 0 Å². The molecule has 0 amide bonds.